The van der Waals surface area contributed by atoms with Crippen molar-refractivity contribution >= 4 is 44.1 Å². The predicted molar refractivity (Wildman–Crippen MR) is 96.1 cm³/mol. The number of rotatable bonds is 2. The molecule has 4 rings (SSSR count). The molecule has 0 saturated carbocycles. The number of nitrogens with one attached hydrogen (secondary N) is 1. The van der Waals surface area contributed by atoms with E-state index in [2.05, 4.69) is 22.1 Å². The standard InChI is InChI=1S/C19H13N3S/c1-12-15(14-6-2-3-7-16(14)21-12)10-13(11-20)19-22-17-8-4-5-9-18(17)23-19/h2-10,21H,1H3/b13-10-. The number of hydrogen-bond donors (Lipinski definition) is 1. The van der Waals surface area contributed by atoms with E-state index in [1.165, 1.54) is 0 Å². The minimum atomic E-state index is 0.596. The number of fused-ring (bicyclic) bond motifs is 2. The van der Waals surface area contributed by atoms with E-state index < -0.39 is 0 Å². The zero-order chi connectivity index (χ0) is 15.8. The molecule has 0 spiro atoms. The Morgan fingerprint density at radius 2 is 1.96 bits per heavy atom. The van der Waals surface area contributed by atoms with Gasteiger partial charge in [0.15, 0.2) is 0 Å². The fraction of sp³-hybridized carbons (Fsp3) is 0.0526. The van der Waals surface area contributed by atoms with Crippen LogP contribution < -0.4 is 0 Å². The fourth-order valence-corrected chi connectivity index (χ4v) is 3.69. The Labute approximate surface area is 137 Å². The van der Waals surface area contributed by atoms with Crippen LogP contribution in [0, 0.1) is 18.3 Å². The molecule has 0 aliphatic rings. The van der Waals surface area contributed by atoms with Crippen molar-refractivity contribution in [3.63, 3.8) is 0 Å². The Hall–Kier alpha value is -2.90. The van der Waals surface area contributed by atoms with Gasteiger partial charge < -0.3 is 4.98 Å². The second kappa shape index (κ2) is 5.38. The summed E-state index contributed by atoms with van der Waals surface area (Å²) in [7, 11) is 0. The Kier molecular flexibility index (Phi) is 3.22. The average molecular weight is 315 g/mol. The van der Waals surface area contributed by atoms with Crippen LogP contribution in [0.15, 0.2) is 48.5 Å². The highest BCUT2D eigenvalue weighted by Gasteiger charge is 2.11. The maximum atomic E-state index is 9.60. The second-order valence-corrected chi connectivity index (χ2v) is 6.40. The number of allylic oxidation sites excluding steroid dienone is 1. The third-order valence-electron chi connectivity index (χ3n) is 3.88. The van der Waals surface area contributed by atoms with E-state index in [0.29, 0.717) is 5.57 Å². The van der Waals surface area contributed by atoms with Crippen LogP contribution in [-0.4, -0.2) is 9.97 Å². The van der Waals surface area contributed by atoms with Crippen molar-refractivity contribution in [3.05, 3.63) is 64.8 Å². The Balaban J connectivity index is 1.90. The minimum Gasteiger partial charge on any atom is -0.358 e. The molecule has 0 radical (unpaired) electrons. The molecule has 0 atom stereocenters. The Morgan fingerprint density at radius 1 is 1.17 bits per heavy atom. The van der Waals surface area contributed by atoms with Gasteiger partial charge in [-0.1, -0.05) is 30.3 Å². The van der Waals surface area contributed by atoms with Gasteiger partial charge in [-0.05, 0) is 31.2 Å². The largest absolute Gasteiger partial charge is 0.358 e. The molecule has 0 aliphatic carbocycles. The zero-order valence-electron chi connectivity index (χ0n) is 12.5. The third-order valence-corrected chi connectivity index (χ3v) is 4.95. The highest BCUT2D eigenvalue weighted by molar-refractivity contribution is 7.19. The van der Waals surface area contributed by atoms with Gasteiger partial charge >= 0.3 is 0 Å². The van der Waals surface area contributed by atoms with E-state index in [-0.39, 0.29) is 0 Å². The number of nitrogens with zero attached hydrogens (tertiary/aromatic N) is 2. The van der Waals surface area contributed by atoms with E-state index in [9.17, 15) is 5.26 Å². The van der Waals surface area contributed by atoms with Crippen molar-refractivity contribution in [1.82, 2.24) is 9.97 Å². The molecule has 0 amide bonds. The molecule has 0 fully saturated rings. The van der Waals surface area contributed by atoms with Crippen LogP contribution in [0.5, 0.6) is 0 Å². The van der Waals surface area contributed by atoms with Gasteiger partial charge in [0.05, 0.1) is 15.8 Å². The molecule has 23 heavy (non-hydrogen) atoms. The van der Waals surface area contributed by atoms with E-state index in [1.54, 1.807) is 11.3 Å². The SMILES string of the molecule is Cc1[nH]c2ccccc2c1/C=C(/C#N)c1nc2ccccc2s1. The van der Waals surface area contributed by atoms with Crippen LogP contribution in [0.4, 0.5) is 0 Å². The third kappa shape index (κ3) is 2.32. The average Bonchev–Trinajstić information content (AvgIpc) is 3.13. The molecule has 0 bridgehead atoms. The van der Waals surface area contributed by atoms with Gasteiger partial charge in [-0.2, -0.15) is 5.26 Å². The van der Waals surface area contributed by atoms with Gasteiger partial charge in [0.2, 0.25) is 0 Å². The summed E-state index contributed by atoms with van der Waals surface area (Å²) in [6, 6.07) is 18.4. The second-order valence-electron chi connectivity index (χ2n) is 5.37. The monoisotopic (exact) mass is 315 g/mol. The lowest BCUT2D eigenvalue weighted by atomic mass is 10.1. The highest BCUT2D eigenvalue weighted by Crippen LogP contribution is 2.30. The van der Waals surface area contributed by atoms with Gasteiger partial charge in [-0.25, -0.2) is 4.98 Å². The lowest BCUT2D eigenvalue weighted by molar-refractivity contribution is 1.29. The van der Waals surface area contributed by atoms with Crippen molar-refractivity contribution in [3.8, 4) is 6.07 Å². The number of aromatic nitrogens is 2. The molecule has 2 aromatic carbocycles. The summed E-state index contributed by atoms with van der Waals surface area (Å²) in [5.74, 6) is 0. The smallest absolute Gasteiger partial charge is 0.135 e. The quantitative estimate of drug-likeness (QED) is 0.520. The predicted octanol–water partition coefficient (Wildman–Crippen LogP) is 5.15. The van der Waals surface area contributed by atoms with Gasteiger partial charge in [-0.15, -0.1) is 11.3 Å². The van der Waals surface area contributed by atoms with E-state index in [1.807, 2.05) is 55.5 Å². The molecule has 3 nitrogen and oxygen atoms in total. The number of H-pyrrole nitrogens is 1. The summed E-state index contributed by atoms with van der Waals surface area (Å²) in [6.45, 7) is 2.03. The van der Waals surface area contributed by atoms with Crippen molar-refractivity contribution in [2.45, 2.75) is 6.92 Å². The zero-order valence-corrected chi connectivity index (χ0v) is 13.3. The maximum absolute atomic E-state index is 9.60. The van der Waals surface area contributed by atoms with E-state index in [4.69, 9.17) is 0 Å². The number of hydrogen-bond acceptors (Lipinski definition) is 3. The summed E-state index contributed by atoms with van der Waals surface area (Å²) < 4.78 is 1.10. The molecule has 0 aliphatic heterocycles. The van der Waals surface area contributed by atoms with E-state index >= 15 is 0 Å². The first-order valence-electron chi connectivity index (χ1n) is 7.31. The normalized spacial score (nSPS) is 11.9. The van der Waals surface area contributed by atoms with Crippen LogP contribution in [-0.2, 0) is 0 Å². The topological polar surface area (TPSA) is 52.5 Å². The molecule has 0 saturated heterocycles. The summed E-state index contributed by atoms with van der Waals surface area (Å²) in [5, 5.41) is 11.5. The maximum Gasteiger partial charge on any atom is 0.135 e. The molecular formula is C19H13N3S. The number of thiazole rings is 1. The summed E-state index contributed by atoms with van der Waals surface area (Å²) in [6.07, 6.45) is 1.94. The first kappa shape index (κ1) is 13.7. The number of aromatic amines is 1. The Bertz CT molecular complexity index is 1060. The fourth-order valence-electron chi connectivity index (χ4n) is 2.76. The van der Waals surface area contributed by atoms with Crippen molar-refractivity contribution in [1.29, 1.82) is 5.26 Å². The molecule has 2 heterocycles. The first-order chi connectivity index (χ1) is 11.3. The Morgan fingerprint density at radius 3 is 2.78 bits per heavy atom. The van der Waals surface area contributed by atoms with Crippen LogP contribution in [0.3, 0.4) is 0 Å². The van der Waals surface area contributed by atoms with Crippen LogP contribution in [0.2, 0.25) is 0 Å². The molecule has 110 valence electrons. The number of aryl methyl sites for hydroxylation is 1. The summed E-state index contributed by atoms with van der Waals surface area (Å²) in [5.41, 5.74) is 4.72. The number of benzene rings is 2. The lowest BCUT2D eigenvalue weighted by Gasteiger charge is -1.96. The molecule has 0 unspecified atom stereocenters. The molecular weight excluding hydrogens is 302 g/mol. The van der Waals surface area contributed by atoms with Gasteiger partial charge in [0, 0.05) is 22.2 Å². The van der Waals surface area contributed by atoms with Gasteiger partial charge in [0.25, 0.3) is 0 Å². The first-order valence-corrected chi connectivity index (χ1v) is 8.13. The van der Waals surface area contributed by atoms with Crippen LogP contribution in [0.1, 0.15) is 16.3 Å². The van der Waals surface area contributed by atoms with Crippen molar-refractivity contribution in [2.24, 2.45) is 0 Å². The van der Waals surface area contributed by atoms with Gasteiger partial charge in [0.1, 0.15) is 11.1 Å². The molecule has 2 aromatic heterocycles. The van der Waals surface area contributed by atoms with Crippen LogP contribution >= 0.6 is 11.3 Å². The molecule has 4 aromatic rings. The summed E-state index contributed by atoms with van der Waals surface area (Å²) in [4.78, 5) is 7.96. The molecule has 1 N–H and O–H groups in total. The molecule has 4 heteroatoms. The highest BCUT2D eigenvalue weighted by atomic mass is 32.1. The van der Waals surface area contributed by atoms with Crippen LogP contribution in [0.25, 0.3) is 32.8 Å². The van der Waals surface area contributed by atoms with E-state index in [0.717, 1.165) is 37.4 Å². The summed E-state index contributed by atoms with van der Waals surface area (Å²) >= 11 is 1.55. The number of para-hydroxylation sites is 2. The minimum absolute atomic E-state index is 0.596. The number of nitriles is 1. The van der Waals surface area contributed by atoms with Gasteiger partial charge in [-0.3, -0.25) is 0 Å². The lowest BCUT2D eigenvalue weighted by Crippen LogP contribution is -1.82. The van der Waals surface area contributed by atoms with Crippen molar-refractivity contribution < 1.29 is 0 Å². The van der Waals surface area contributed by atoms with Crippen molar-refractivity contribution in [2.75, 3.05) is 0 Å².